The number of carbonyl (C=O) groups is 9. The number of nitrogens with zero attached hydrogens (tertiary/aromatic N) is 4. The molecular weight excluding hydrogens is 866 g/mol. The number of nitrogens with one attached hydrogen (secondary N) is 1. The predicted octanol–water partition coefficient (Wildman–Crippen LogP) is 1.16. The van der Waals surface area contributed by atoms with Gasteiger partial charge in [0.15, 0.2) is 48.8 Å². The Morgan fingerprint density at radius 2 is 0.933 bits per heavy atom. The molecule has 3 rings (SSSR count). The first-order valence-electron chi connectivity index (χ1n) is 18.2. The lowest BCUT2D eigenvalue weighted by Gasteiger charge is -2.27. The van der Waals surface area contributed by atoms with Gasteiger partial charge in [-0.05, 0) is 83.5 Å². The Bertz CT molecular complexity index is 2030. The van der Waals surface area contributed by atoms with Gasteiger partial charge in [-0.1, -0.05) is 0 Å². The topological polar surface area (TPSA) is 281 Å². The van der Waals surface area contributed by atoms with Crippen LogP contribution in [0.25, 0.3) is 11.0 Å². The molecule has 8 unspecified atom stereocenters. The number of esters is 8. The third-order valence-electron chi connectivity index (χ3n) is 7.95. The quantitative estimate of drug-likeness (QED) is 0.172. The number of rotatable bonds is 17. The summed E-state index contributed by atoms with van der Waals surface area (Å²) in [5.74, 6) is -9.40. The normalized spacial score (nSPS) is 16.0. The number of aromatic nitrogens is 2. The van der Waals surface area contributed by atoms with Gasteiger partial charge in [0.05, 0.1) is 22.2 Å². The fourth-order valence-electron chi connectivity index (χ4n) is 4.75. The molecule has 2 aromatic rings. The highest BCUT2D eigenvalue weighted by Gasteiger charge is 2.36. The van der Waals surface area contributed by atoms with Crippen LogP contribution in [0.1, 0.15) is 62.3 Å². The number of halogens is 1. The van der Waals surface area contributed by atoms with Crippen LogP contribution in [0.15, 0.2) is 34.0 Å². The fourth-order valence-corrected chi connectivity index (χ4v) is 5.36. The second-order valence-electron chi connectivity index (χ2n) is 12.9. The number of benzene rings is 1. The molecule has 1 aliphatic heterocycles. The minimum atomic E-state index is -1.64. The van der Waals surface area contributed by atoms with Crippen LogP contribution in [-0.4, -0.2) is 132 Å². The summed E-state index contributed by atoms with van der Waals surface area (Å²) in [5.41, 5.74) is 1.36. The van der Waals surface area contributed by atoms with Gasteiger partial charge in [0, 0.05) is 25.9 Å². The van der Waals surface area contributed by atoms with Crippen molar-refractivity contribution in [3.05, 3.63) is 29.0 Å². The molecule has 0 saturated carbocycles. The van der Waals surface area contributed by atoms with Crippen molar-refractivity contribution in [2.75, 3.05) is 18.0 Å². The van der Waals surface area contributed by atoms with E-state index in [1.54, 1.807) is 12.1 Å². The van der Waals surface area contributed by atoms with Crippen molar-refractivity contribution in [1.29, 1.82) is 0 Å². The standard InChI is InChI=1S/C37H44BrN5O17/c1-16(29(45)43(37-41-14-15-42-37)26-11-10-25-28(27(26)38)40-13-12-39-25)54-31(47)18(3)56-33(49)20(5)58-35(51)22(7)60-36(52)23(8)59-34(50)21(6)57-32(48)19(4)55-30(46)17(2)53-24(9)44/h10-13,16-23H,14-15H2,1-9H3,(H,41,42). The van der Waals surface area contributed by atoms with Gasteiger partial charge in [0.1, 0.15) is 5.52 Å². The molecule has 0 fully saturated rings. The molecule has 0 aliphatic carbocycles. The molecular formula is C37H44BrN5O17. The van der Waals surface area contributed by atoms with Gasteiger partial charge < -0.3 is 43.2 Å². The summed E-state index contributed by atoms with van der Waals surface area (Å²) < 4.78 is 40.2. The maximum atomic E-state index is 13.7. The molecule has 0 radical (unpaired) electrons. The van der Waals surface area contributed by atoms with Gasteiger partial charge in [-0.15, -0.1) is 0 Å². The number of anilines is 1. The number of fused-ring (bicyclic) bond motifs is 1. The Kier molecular flexibility index (Phi) is 17.4. The van der Waals surface area contributed by atoms with Crippen molar-refractivity contribution >= 4 is 92.3 Å². The van der Waals surface area contributed by atoms with Crippen molar-refractivity contribution in [1.82, 2.24) is 15.3 Å². The van der Waals surface area contributed by atoms with E-state index in [0.29, 0.717) is 34.3 Å². The average Bonchev–Trinajstić information content (AvgIpc) is 3.72. The van der Waals surface area contributed by atoms with E-state index < -0.39 is 102 Å². The van der Waals surface area contributed by atoms with Gasteiger partial charge in [0.2, 0.25) is 5.96 Å². The molecule has 8 atom stereocenters. The summed E-state index contributed by atoms with van der Waals surface area (Å²) in [6.45, 7) is 11.2. The number of hydrogen-bond acceptors (Lipinski definition) is 21. The number of aliphatic imine (C=N–C) groups is 1. The van der Waals surface area contributed by atoms with Crippen molar-refractivity contribution in [2.24, 2.45) is 4.99 Å². The average molecular weight is 911 g/mol. The van der Waals surface area contributed by atoms with Crippen LogP contribution < -0.4 is 10.2 Å². The largest absolute Gasteiger partial charge is 0.451 e. The molecule has 1 N–H and O–H groups in total. The highest BCUT2D eigenvalue weighted by molar-refractivity contribution is 9.10. The van der Waals surface area contributed by atoms with Crippen molar-refractivity contribution in [3.63, 3.8) is 0 Å². The zero-order valence-electron chi connectivity index (χ0n) is 33.9. The highest BCUT2D eigenvalue weighted by atomic mass is 79.9. The lowest BCUT2D eigenvalue weighted by Crippen LogP contribution is -2.49. The number of amides is 1. The van der Waals surface area contributed by atoms with Crippen molar-refractivity contribution < 1.29 is 81.0 Å². The smallest absolute Gasteiger partial charge is 0.347 e. The van der Waals surface area contributed by atoms with E-state index in [1.165, 1.54) is 38.1 Å². The van der Waals surface area contributed by atoms with Crippen LogP contribution in [0.4, 0.5) is 5.69 Å². The first-order valence-corrected chi connectivity index (χ1v) is 19.0. The Morgan fingerprint density at radius 3 is 1.30 bits per heavy atom. The highest BCUT2D eigenvalue weighted by Crippen LogP contribution is 2.33. The zero-order chi connectivity index (χ0) is 45.0. The summed E-state index contributed by atoms with van der Waals surface area (Å²) in [4.78, 5) is 126. The van der Waals surface area contributed by atoms with E-state index in [4.69, 9.17) is 33.2 Å². The van der Waals surface area contributed by atoms with Gasteiger partial charge >= 0.3 is 47.8 Å². The molecule has 0 bridgehead atoms. The Hall–Kier alpha value is -6.26. The molecule has 22 nitrogen and oxygen atoms in total. The van der Waals surface area contributed by atoms with Crippen LogP contribution >= 0.6 is 15.9 Å². The number of ether oxygens (including phenoxy) is 8. The van der Waals surface area contributed by atoms with Crippen LogP contribution in [0.3, 0.4) is 0 Å². The molecule has 0 saturated heterocycles. The van der Waals surface area contributed by atoms with Crippen molar-refractivity contribution in [3.8, 4) is 0 Å². The van der Waals surface area contributed by atoms with Crippen LogP contribution in [0.5, 0.6) is 0 Å². The molecule has 23 heteroatoms. The maximum Gasteiger partial charge on any atom is 0.347 e. The second kappa shape index (κ2) is 21.7. The first kappa shape index (κ1) is 48.1. The maximum absolute atomic E-state index is 13.7. The lowest BCUT2D eigenvalue weighted by atomic mass is 10.2. The predicted molar refractivity (Wildman–Crippen MR) is 205 cm³/mol. The molecule has 1 aliphatic rings. The summed E-state index contributed by atoms with van der Waals surface area (Å²) in [6, 6.07) is 3.27. The third kappa shape index (κ3) is 13.1. The second-order valence-corrected chi connectivity index (χ2v) is 13.7. The van der Waals surface area contributed by atoms with E-state index in [2.05, 4.69) is 40.9 Å². The third-order valence-corrected chi connectivity index (χ3v) is 8.73. The molecule has 326 valence electrons. The van der Waals surface area contributed by atoms with E-state index in [9.17, 15) is 43.2 Å². The molecule has 1 aromatic carbocycles. The molecule has 60 heavy (non-hydrogen) atoms. The van der Waals surface area contributed by atoms with E-state index in [0.717, 1.165) is 41.5 Å². The fraction of sp³-hybridized carbons (Fsp3) is 0.514. The zero-order valence-corrected chi connectivity index (χ0v) is 35.5. The number of carbonyl (C=O) groups excluding carboxylic acids is 9. The summed E-state index contributed by atoms with van der Waals surface area (Å²) >= 11 is 3.48. The Morgan fingerprint density at radius 1 is 0.567 bits per heavy atom. The van der Waals surface area contributed by atoms with Gasteiger partial charge in [-0.2, -0.15) is 0 Å². The van der Waals surface area contributed by atoms with Crippen LogP contribution in [-0.2, 0) is 81.0 Å². The van der Waals surface area contributed by atoms with Gasteiger partial charge in [-0.25, -0.2) is 38.5 Å². The summed E-state index contributed by atoms with van der Waals surface area (Å²) in [6.07, 6.45) is -9.29. The summed E-state index contributed by atoms with van der Waals surface area (Å²) in [5, 5.41) is 3.01. The van der Waals surface area contributed by atoms with Gasteiger partial charge in [-0.3, -0.25) is 24.5 Å². The monoisotopic (exact) mass is 909 g/mol. The molecule has 1 amide bonds. The van der Waals surface area contributed by atoms with E-state index in [-0.39, 0.29) is 5.96 Å². The SMILES string of the molecule is CC(=O)OC(C)C(=O)OC(C)C(=O)OC(C)C(=O)OC(C)C(=O)OC(C)C(=O)OC(C)C(=O)OC(C)C(=O)OC(C)C(=O)N(C1=NCCN1)c1ccc2nccnc2c1Br. The Balaban J connectivity index is 1.48. The lowest BCUT2D eigenvalue weighted by molar-refractivity contribution is -0.188. The van der Waals surface area contributed by atoms with E-state index >= 15 is 0 Å². The minimum absolute atomic E-state index is 0.202. The molecule has 2 heterocycles. The Labute approximate surface area is 351 Å². The first-order chi connectivity index (χ1) is 28.1. The summed E-state index contributed by atoms with van der Waals surface area (Å²) in [7, 11) is 0. The molecule has 0 spiro atoms. The van der Waals surface area contributed by atoms with Crippen molar-refractivity contribution in [2.45, 2.75) is 111 Å². The van der Waals surface area contributed by atoms with Gasteiger partial charge in [0.25, 0.3) is 5.91 Å². The molecule has 1 aromatic heterocycles. The number of hydrogen-bond donors (Lipinski definition) is 1. The number of guanidine groups is 1. The minimum Gasteiger partial charge on any atom is -0.451 e. The van der Waals surface area contributed by atoms with Crippen LogP contribution in [0.2, 0.25) is 0 Å². The van der Waals surface area contributed by atoms with Crippen LogP contribution in [0, 0.1) is 0 Å². The van der Waals surface area contributed by atoms with E-state index in [1.807, 2.05) is 0 Å².